The van der Waals surface area contributed by atoms with Crippen LogP contribution in [0.15, 0.2) is 12.7 Å². The number of hydrogen-bond acceptors (Lipinski definition) is 17. The van der Waals surface area contributed by atoms with Crippen molar-refractivity contribution in [2.24, 2.45) is 0 Å². The average molecular weight is 751 g/mol. The molecule has 1 unspecified atom stereocenters. The van der Waals surface area contributed by atoms with Gasteiger partial charge in [-0.1, -0.05) is 6.58 Å². The van der Waals surface area contributed by atoms with Gasteiger partial charge in [0, 0.05) is 12.7 Å². The minimum absolute atomic E-state index is 0.0221. The first-order valence-corrected chi connectivity index (χ1v) is 17.3. The fourth-order valence-corrected chi connectivity index (χ4v) is 3.13. The molecule has 0 rings (SSSR count). The third-order valence-corrected chi connectivity index (χ3v) is 5.49. The van der Waals surface area contributed by atoms with E-state index in [1.54, 1.807) is 0 Å². The van der Waals surface area contributed by atoms with E-state index in [0.29, 0.717) is 172 Å². The van der Waals surface area contributed by atoms with Crippen molar-refractivity contribution in [3.63, 3.8) is 0 Å². The van der Waals surface area contributed by atoms with E-state index in [9.17, 15) is 9.90 Å². The quantitative estimate of drug-likeness (QED) is 0.0419. The van der Waals surface area contributed by atoms with Gasteiger partial charge in [0.15, 0.2) is 6.29 Å². The van der Waals surface area contributed by atoms with Gasteiger partial charge in [-0.3, -0.25) is 0 Å². The van der Waals surface area contributed by atoms with E-state index in [4.69, 9.17) is 76.5 Å². The summed E-state index contributed by atoms with van der Waals surface area (Å²) in [6.07, 6.45) is -0.0571. The minimum atomic E-state index is -0.981. The van der Waals surface area contributed by atoms with E-state index in [1.807, 2.05) is 6.92 Å². The largest absolute Gasteiger partial charge is 0.478 e. The molecule has 0 aromatic carbocycles. The summed E-state index contributed by atoms with van der Waals surface area (Å²) in [7, 11) is 0. The van der Waals surface area contributed by atoms with Crippen molar-refractivity contribution in [3.8, 4) is 0 Å². The molecule has 0 spiro atoms. The number of ether oxygens (including phenoxy) is 14. The lowest BCUT2D eigenvalue weighted by atomic mass is 10.6. The molecule has 0 aromatic heterocycles. The summed E-state index contributed by atoms with van der Waals surface area (Å²) in [5.74, 6) is -0.981. The van der Waals surface area contributed by atoms with Crippen LogP contribution in [0, 0.1) is 0 Å². The number of carboxylic acids is 1. The van der Waals surface area contributed by atoms with Gasteiger partial charge in [0.1, 0.15) is 0 Å². The second-order valence-corrected chi connectivity index (χ2v) is 9.60. The Morgan fingerprint density at radius 3 is 0.843 bits per heavy atom. The minimum Gasteiger partial charge on any atom is -0.478 e. The van der Waals surface area contributed by atoms with Crippen LogP contribution in [0.3, 0.4) is 0 Å². The first-order valence-electron chi connectivity index (χ1n) is 17.3. The molecule has 0 radical (unpaired) electrons. The SMILES string of the molecule is C=CC(=O)O.CCOC(O)COCCOCCOCCOCCOCCOCCOCCOCCOCCOCCOCCOCCOCCO. The van der Waals surface area contributed by atoms with Crippen LogP contribution >= 0.6 is 0 Å². The molecule has 0 aliphatic heterocycles. The van der Waals surface area contributed by atoms with Crippen molar-refractivity contribution in [2.75, 3.05) is 185 Å². The molecule has 0 amide bonds. The molecular weight excluding hydrogens is 684 g/mol. The lowest BCUT2D eigenvalue weighted by molar-refractivity contribution is -0.138. The molecule has 0 aromatic rings. The van der Waals surface area contributed by atoms with Crippen LogP contribution in [0.4, 0.5) is 0 Å². The van der Waals surface area contributed by atoms with Crippen LogP contribution < -0.4 is 0 Å². The first kappa shape index (κ1) is 51.7. The lowest BCUT2D eigenvalue weighted by Crippen LogP contribution is -2.20. The summed E-state index contributed by atoms with van der Waals surface area (Å²) in [6, 6.07) is 0. The maximum Gasteiger partial charge on any atom is 0.327 e. The Labute approximate surface area is 303 Å². The predicted molar refractivity (Wildman–Crippen MR) is 183 cm³/mol. The van der Waals surface area contributed by atoms with Crippen LogP contribution in [0.1, 0.15) is 6.92 Å². The van der Waals surface area contributed by atoms with E-state index >= 15 is 0 Å². The number of aliphatic hydroxyl groups excluding tert-OH is 2. The van der Waals surface area contributed by atoms with Crippen molar-refractivity contribution < 1.29 is 86.4 Å². The molecular formula is C33H66O18. The third-order valence-electron chi connectivity index (χ3n) is 5.49. The van der Waals surface area contributed by atoms with Crippen molar-refractivity contribution in [1.29, 1.82) is 0 Å². The van der Waals surface area contributed by atoms with Crippen LogP contribution in [0.25, 0.3) is 0 Å². The van der Waals surface area contributed by atoms with Crippen LogP contribution in [-0.2, 0) is 71.1 Å². The number of rotatable bonds is 43. The topological polar surface area (TPSA) is 207 Å². The molecule has 0 heterocycles. The van der Waals surface area contributed by atoms with Crippen molar-refractivity contribution in [2.45, 2.75) is 13.2 Å². The third kappa shape index (κ3) is 53.0. The Hall–Kier alpha value is -1.43. The number of hydrogen-bond donors (Lipinski definition) is 3. The van der Waals surface area contributed by atoms with Gasteiger partial charge < -0.3 is 81.6 Å². The Kier molecular flexibility index (Phi) is 49.2. The number of carbonyl (C=O) groups is 1. The van der Waals surface area contributed by atoms with E-state index < -0.39 is 12.3 Å². The molecule has 1 atom stereocenters. The zero-order valence-corrected chi connectivity index (χ0v) is 30.6. The molecule has 0 saturated carbocycles. The Bertz CT molecular complexity index is 663. The van der Waals surface area contributed by atoms with Crippen LogP contribution in [-0.4, -0.2) is 213 Å². The molecule has 0 saturated heterocycles. The molecule has 306 valence electrons. The molecule has 0 bridgehead atoms. The highest BCUT2D eigenvalue weighted by Gasteiger charge is 2.02. The van der Waals surface area contributed by atoms with Gasteiger partial charge in [0.25, 0.3) is 0 Å². The molecule has 18 heteroatoms. The molecule has 0 aliphatic carbocycles. The summed E-state index contributed by atoms with van der Waals surface area (Å²) in [5.41, 5.74) is 0. The summed E-state index contributed by atoms with van der Waals surface area (Å²) < 4.78 is 74.9. The molecule has 51 heavy (non-hydrogen) atoms. The first-order chi connectivity index (χ1) is 25.1. The second-order valence-electron chi connectivity index (χ2n) is 9.60. The van der Waals surface area contributed by atoms with Gasteiger partial charge in [-0.2, -0.15) is 0 Å². The predicted octanol–water partition coefficient (Wildman–Crippen LogP) is -0.194. The van der Waals surface area contributed by atoms with Gasteiger partial charge in [-0.25, -0.2) is 4.79 Å². The molecule has 3 N–H and O–H groups in total. The van der Waals surface area contributed by atoms with E-state index in [0.717, 1.165) is 6.08 Å². The van der Waals surface area contributed by atoms with Gasteiger partial charge >= 0.3 is 5.97 Å². The molecule has 18 nitrogen and oxygen atoms in total. The highest BCUT2D eigenvalue weighted by atomic mass is 16.6. The van der Waals surface area contributed by atoms with Crippen molar-refractivity contribution in [1.82, 2.24) is 0 Å². The summed E-state index contributed by atoms with van der Waals surface area (Å²) in [5, 5.41) is 25.5. The fourth-order valence-electron chi connectivity index (χ4n) is 3.13. The zero-order valence-electron chi connectivity index (χ0n) is 30.6. The van der Waals surface area contributed by atoms with Crippen LogP contribution in [0.5, 0.6) is 0 Å². The van der Waals surface area contributed by atoms with Crippen LogP contribution in [0.2, 0.25) is 0 Å². The summed E-state index contributed by atoms with van der Waals surface area (Å²) in [4.78, 5) is 9.25. The summed E-state index contributed by atoms with van der Waals surface area (Å²) >= 11 is 0. The molecule has 0 fully saturated rings. The standard InChI is InChI=1S/C30H62O16.C3H4O2/c1-2-46-30(32)29-45-28-27-44-26-25-43-24-23-42-22-21-41-20-19-40-18-17-39-16-15-38-14-13-37-12-11-36-10-9-35-8-7-34-6-5-33-4-3-31;1-2-3(4)5/h30-32H,2-29H2,1H3;2H,1H2,(H,4,5). The van der Waals surface area contributed by atoms with E-state index in [-0.39, 0.29) is 13.2 Å². The number of aliphatic hydroxyl groups is 2. The highest BCUT2D eigenvalue weighted by Crippen LogP contribution is 1.90. The smallest absolute Gasteiger partial charge is 0.327 e. The van der Waals surface area contributed by atoms with Gasteiger partial charge in [0.2, 0.25) is 0 Å². The average Bonchev–Trinajstić information content (AvgIpc) is 3.13. The monoisotopic (exact) mass is 750 g/mol. The lowest BCUT2D eigenvalue weighted by Gasteiger charge is -2.11. The van der Waals surface area contributed by atoms with E-state index in [1.165, 1.54) is 0 Å². The highest BCUT2D eigenvalue weighted by molar-refractivity contribution is 5.78. The zero-order chi connectivity index (χ0) is 37.6. The number of carboxylic acid groups (broad SMARTS) is 1. The van der Waals surface area contributed by atoms with E-state index in [2.05, 4.69) is 6.58 Å². The van der Waals surface area contributed by atoms with Gasteiger partial charge in [-0.05, 0) is 6.92 Å². The Morgan fingerprint density at radius 2 is 0.667 bits per heavy atom. The fraction of sp³-hybridized carbons (Fsp3) is 0.909. The van der Waals surface area contributed by atoms with Crippen molar-refractivity contribution in [3.05, 3.63) is 12.7 Å². The Balaban J connectivity index is 0. The normalized spacial score (nSPS) is 11.7. The molecule has 0 aliphatic rings. The maximum absolute atomic E-state index is 9.33. The maximum atomic E-state index is 9.33. The Morgan fingerprint density at radius 1 is 0.471 bits per heavy atom. The van der Waals surface area contributed by atoms with Gasteiger partial charge in [-0.15, -0.1) is 0 Å². The summed E-state index contributed by atoms with van der Waals surface area (Å²) in [6.45, 7) is 17.3. The van der Waals surface area contributed by atoms with Gasteiger partial charge in [0.05, 0.1) is 178 Å². The second kappa shape index (κ2) is 48.6. The van der Waals surface area contributed by atoms with Crippen molar-refractivity contribution >= 4 is 5.97 Å². The number of aliphatic carboxylic acids is 1.